The second-order valence-corrected chi connectivity index (χ2v) is 5.98. The van der Waals surface area contributed by atoms with Crippen LogP contribution in [0.5, 0.6) is 17.2 Å². The number of hydrogen-bond acceptors (Lipinski definition) is 6. The molecule has 0 amide bonds. The summed E-state index contributed by atoms with van der Waals surface area (Å²) in [7, 11) is 0. The summed E-state index contributed by atoms with van der Waals surface area (Å²) in [5.74, 6) is -2.43. The van der Waals surface area contributed by atoms with Crippen LogP contribution in [0.3, 0.4) is 0 Å². The van der Waals surface area contributed by atoms with Crippen LogP contribution in [-0.4, -0.2) is 26.4 Å². The van der Waals surface area contributed by atoms with Gasteiger partial charge in [0.05, 0.1) is 5.56 Å². The summed E-state index contributed by atoms with van der Waals surface area (Å²) in [5, 5.41) is 39.5. The van der Waals surface area contributed by atoms with Gasteiger partial charge in [-0.1, -0.05) is 18.2 Å². The van der Waals surface area contributed by atoms with E-state index in [-0.39, 0.29) is 16.9 Å². The van der Waals surface area contributed by atoms with Gasteiger partial charge in [0.25, 0.3) is 0 Å². The fourth-order valence-corrected chi connectivity index (χ4v) is 3.11. The zero-order valence-electron chi connectivity index (χ0n) is 13.6. The topological polar surface area (TPSA) is 128 Å². The second kappa shape index (κ2) is 5.77. The van der Waals surface area contributed by atoms with Crippen LogP contribution in [0.1, 0.15) is 10.4 Å². The number of carboxylic acids is 1. The number of phenolic OH excluding ortho intramolecular Hbond substituents is 3. The minimum atomic E-state index is -1.17. The number of carboxylic acid groups (broad SMARTS) is 1. The van der Waals surface area contributed by atoms with Gasteiger partial charge in [0.15, 0.2) is 17.2 Å². The first kappa shape index (κ1) is 16.5. The summed E-state index contributed by atoms with van der Waals surface area (Å²) in [6, 6.07) is 10.9. The van der Waals surface area contributed by atoms with Gasteiger partial charge in [0.2, 0.25) is 5.43 Å². The van der Waals surface area contributed by atoms with Crippen molar-refractivity contribution in [3.63, 3.8) is 0 Å². The first-order chi connectivity index (χ1) is 12.9. The van der Waals surface area contributed by atoms with Crippen molar-refractivity contribution in [1.82, 2.24) is 0 Å². The molecule has 1 heterocycles. The molecule has 1 aliphatic carbocycles. The minimum Gasteiger partial charge on any atom is -0.504 e. The van der Waals surface area contributed by atoms with Crippen LogP contribution in [0, 0.1) is 0 Å². The Hall–Kier alpha value is -4.00. The van der Waals surface area contributed by atoms with E-state index in [4.69, 9.17) is 4.42 Å². The Bertz CT molecular complexity index is 1250. The van der Waals surface area contributed by atoms with E-state index in [1.807, 2.05) is 0 Å². The van der Waals surface area contributed by atoms with Gasteiger partial charge in [0.1, 0.15) is 11.3 Å². The maximum atomic E-state index is 11.8. The fourth-order valence-electron chi connectivity index (χ4n) is 3.11. The third-order valence-electron chi connectivity index (χ3n) is 4.32. The summed E-state index contributed by atoms with van der Waals surface area (Å²) in [6.45, 7) is 0. The Kier molecular flexibility index (Phi) is 3.52. The van der Waals surface area contributed by atoms with E-state index in [1.54, 1.807) is 18.2 Å². The molecule has 7 nitrogen and oxygen atoms in total. The number of hydrogen-bond donors (Lipinski definition) is 4. The number of fused-ring (bicyclic) bond motifs is 2. The molecule has 134 valence electrons. The van der Waals surface area contributed by atoms with Crippen LogP contribution >= 0.6 is 0 Å². The number of rotatable bonds is 2. The molecule has 1 aliphatic heterocycles. The molecule has 0 aromatic heterocycles. The quantitative estimate of drug-likeness (QED) is 0.317. The lowest BCUT2D eigenvalue weighted by Gasteiger charge is -2.17. The molecular formula is C20H12O7. The second-order valence-electron chi connectivity index (χ2n) is 5.98. The molecule has 27 heavy (non-hydrogen) atoms. The Morgan fingerprint density at radius 1 is 0.852 bits per heavy atom. The average molecular weight is 364 g/mol. The highest BCUT2D eigenvalue weighted by molar-refractivity contribution is 6.08. The highest BCUT2D eigenvalue weighted by atomic mass is 16.4. The van der Waals surface area contributed by atoms with Gasteiger partial charge in [-0.25, -0.2) is 4.79 Å². The van der Waals surface area contributed by atoms with Gasteiger partial charge in [-0.05, 0) is 23.8 Å². The maximum absolute atomic E-state index is 11.8. The van der Waals surface area contributed by atoms with Gasteiger partial charge in [0, 0.05) is 28.6 Å². The van der Waals surface area contributed by atoms with Gasteiger partial charge in [-0.15, -0.1) is 0 Å². The highest BCUT2D eigenvalue weighted by Gasteiger charge is 2.23. The monoisotopic (exact) mass is 364 g/mol. The zero-order valence-corrected chi connectivity index (χ0v) is 13.6. The molecular weight excluding hydrogens is 352 g/mol. The molecule has 0 atom stereocenters. The summed E-state index contributed by atoms with van der Waals surface area (Å²) < 4.78 is 5.65. The lowest BCUT2D eigenvalue weighted by molar-refractivity contribution is 0.0697. The molecule has 0 radical (unpaired) electrons. The normalized spacial score (nSPS) is 11.1. The Balaban J connectivity index is 2.27. The molecule has 4 rings (SSSR count). The molecule has 0 saturated carbocycles. The fraction of sp³-hybridized carbons (Fsp3) is 0. The van der Waals surface area contributed by atoms with E-state index in [2.05, 4.69) is 0 Å². The molecule has 0 fully saturated rings. The van der Waals surface area contributed by atoms with Crippen LogP contribution in [0.25, 0.3) is 33.4 Å². The SMILES string of the molecule is O=C(O)c1ccccc1-c1c2cc(O)c(=O)cc-2oc2cc(O)c(O)cc12. The molecule has 0 spiro atoms. The van der Waals surface area contributed by atoms with Crippen LogP contribution in [0.4, 0.5) is 0 Å². The van der Waals surface area contributed by atoms with Crippen molar-refractivity contribution in [2.75, 3.05) is 0 Å². The first-order valence-corrected chi connectivity index (χ1v) is 7.85. The summed E-state index contributed by atoms with van der Waals surface area (Å²) in [4.78, 5) is 23.5. The molecule has 7 heteroatoms. The smallest absolute Gasteiger partial charge is 0.336 e. The van der Waals surface area contributed by atoms with Crippen LogP contribution in [-0.2, 0) is 0 Å². The highest BCUT2D eigenvalue weighted by Crippen LogP contribution is 2.44. The number of benzene rings is 3. The molecule has 2 aliphatic rings. The maximum Gasteiger partial charge on any atom is 0.336 e. The first-order valence-electron chi connectivity index (χ1n) is 7.85. The number of aromatic hydroxyl groups is 3. The standard InChI is InChI=1S/C20H12O7/c21-13-5-11-17(7-15(13)23)27-18-8-16(24)14(22)6-12(18)19(11)9-3-1-2-4-10(9)20(25)26/h1-8,21-23H,(H,25,26). The molecule has 4 N–H and O–H groups in total. The Labute approximate surface area is 151 Å². The molecule has 0 unspecified atom stereocenters. The molecule has 2 aromatic carbocycles. The number of aromatic carboxylic acids is 1. The van der Waals surface area contributed by atoms with Gasteiger partial charge in [-0.2, -0.15) is 0 Å². The van der Waals surface area contributed by atoms with E-state index in [0.717, 1.165) is 6.07 Å². The van der Waals surface area contributed by atoms with Crippen LogP contribution < -0.4 is 5.43 Å². The summed E-state index contributed by atoms with van der Waals surface area (Å²) >= 11 is 0. The molecule has 2 aromatic rings. The van der Waals surface area contributed by atoms with Gasteiger partial charge >= 0.3 is 5.97 Å². The van der Waals surface area contributed by atoms with Crippen LogP contribution in [0.2, 0.25) is 0 Å². The predicted octanol–water partition coefficient (Wildman–Crippen LogP) is 3.38. The number of phenols is 3. The summed E-state index contributed by atoms with van der Waals surface area (Å²) in [5.41, 5.74) is 0.404. The van der Waals surface area contributed by atoms with Crippen molar-refractivity contribution >= 4 is 16.9 Å². The zero-order chi connectivity index (χ0) is 19.3. The minimum absolute atomic E-state index is 0.00967. The van der Waals surface area contributed by atoms with Crippen molar-refractivity contribution in [2.24, 2.45) is 0 Å². The van der Waals surface area contributed by atoms with Crippen molar-refractivity contribution in [2.45, 2.75) is 0 Å². The Morgan fingerprint density at radius 3 is 2.30 bits per heavy atom. The number of carbonyl (C=O) groups is 1. The third-order valence-corrected chi connectivity index (χ3v) is 4.32. The van der Waals surface area contributed by atoms with Crippen molar-refractivity contribution < 1.29 is 29.6 Å². The average Bonchev–Trinajstić information content (AvgIpc) is 2.63. The van der Waals surface area contributed by atoms with Crippen molar-refractivity contribution in [3.8, 4) is 39.7 Å². The predicted molar refractivity (Wildman–Crippen MR) is 96.5 cm³/mol. The van der Waals surface area contributed by atoms with E-state index < -0.39 is 28.6 Å². The van der Waals surface area contributed by atoms with Crippen molar-refractivity contribution in [1.29, 1.82) is 0 Å². The van der Waals surface area contributed by atoms with Gasteiger partial charge in [-0.3, -0.25) is 4.79 Å². The van der Waals surface area contributed by atoms with E-state index >= 15 is 0 Å². The molecule has 0 bridgehead atoms. The van der Waals surface area contributed by atoms with E-state index in [1.165, 1.54) is 24.3 Å². The largest absolute Gasteiger partial charge is 0.504 e. The van der Waals surface area contributed by atoms with Gasteiger partial charge < -0.3 is 24.8 Å². The summed E-state index contributed by atoms with van der Waals surface area (Å²) in [6.07, 6.45) is 0. The van der Waals surface area contributed by atoms with Crippen LogP contribution in [0.15, 0.2) is 57.7 Å². The van der Waals surface area contributed by atoms with Crippen molar-refractivity contribution in [3.05, 3.63) is 64.3 Å². The third kappa shape index (κ3) is 2.53. The lowest BCUT2D eigenvalue weighted by atomic mass is 9.90. The van der Waals surface area contributed by atoms with E-state index in [9.17, 15) is 30.0 Å². The van der Waals surface area contributed by atoms with E-state index in [0.29, 0.717) is 22.1 Å². The Morgan fingerprint density at radius 2 is 1.56 bits per heavy atom. The lowest BCUT2D eigenvalue weighted by Crippen LogP contribution is -2.04. The molecule has 0 saturated heterocycles.